The Morgan fingerprint density at radius 1 is 1.17 bits per heavy atom. The second kappa shape index (κ2) is 7.23. The SMILES string of the molecule is C=C1C=CN(C2CCN(Cc3ccc(C#N)cc3)CC2)c2c1cnc1[nH]ccc21. The van der Waals surface area contributed by atoms with Crippen LogP contribution in [0, 0.1) is 11.3 Å². The molecule has 0 radical (unpaired) electrons. The van der Waals surface area contributed by atoms with E-state index in [9.17, 15) is 0 Å². The van der Waals surface area contributed by atoms with Gasteiger partial charge in [0.25, 0.3) is 0 Å². The lowest BCUT2D eigenvalue weighted by molar-refractivity contribution is 0.205. The van der Waals surface area contributed by atoms with Gasteiger partial charge in [0, 0.05) is 55.2 Å². The first-order valence-electron chi connectivity index (χ1n) is 10.1. The molecule has 1 aromatic carbocycles. The average Bonchev–Trinajstić information content (AvgIpc) is 3.25. The van der Waals surface area contributed by atoms with Crippen molar-refractivity contribution in [1.82, 2.24) is 14.9 Å². The fourth-order valence-corrected chi connectivity index (χ4v) is 4.44. The molecule has 2 aliphatic heterocycles. The largest absolute Gasteiger partial charge is 0.346 e. The van der Waals surface area contributed by atoms with Gasteiger partial charge in [0.05, 0.1) is 17.3 Å². The van der Waals surface area contributed by atoms with Crippen LogP contribution in [0.4, 0.5) is 5.69 Å². The number of piperidine rings is 1. The number of allylic oxidation sites excluding steroid dienone is 2. The van der Waals surface area contributed by atoms with Gasteiger partial charge in [0.1, 0.15) is 5.65 Å². The van der Waals surface area contributed by atoms with Gasteiger partial charge in [-0.05, 0) is 48.3 Å². The monoisotopic (exact) mass is 381 g/mol. The van der Waals surface area contributed by atoms with E-state index in [0.29, 0.717) is 6.04 Å². The molecule has 1 fully saturated rings. The third kappa shape index (κ3) is 3.22. The number of aromatic nitrogens is 2. The lowest BCUT2D eigenvalue weighted by atomic mass is 9.96. The number of anilines is 1. The van der Waals surface area contributed by atoms with Crippen LogP contribution in [-0.4, -0.2) is 34.0 Å². The van der Waals surface area contributed by atoms with Gasteiger partial charge < -0.3 is 9.88 Å². The number of rotatable bonds is 3. The second-order valence-corrected chi connectivity index (χ2v) is 7.82. The highest BCUT2D eigenvalue weighted by molar-refractivity contribution is 6.00. The van der Waals surface area contributed by atoms with Gasteiger partial charge in [-0.1, -0.05) is 18.7 Å². The van der Waals surface area contributed by atoms with Crippen molar-refractivity contribution in [3.63, 3.8) is 0 Å². The summed E-state index contributed by atoms with van der Waals surface area (Å²) < 4.78 is 0. The lowest BCUT2D eigenvalue weighted by Gasteiger charge is -2.40. The van der Waals surface area contributed by atoms with Crippen LogP contribution in [0.25, 0.3) is 16.6 Å². The molecule has 5 heteroatoms. The number of aromatic amines is 1. The van der Waals surface area contributed by atoms with Crippen molar-refractivity contribution >= 4 is 22.3 Å². The Morgan fingerprint density at radius 3 is 2.72 bits per heavy atom. The predicted octanol–water partition coefficient (Wildman–Crippen LogP) is 4.45. The van der Waals surface area contributed by atoms with Crippen molar-refractivity contribution in [2.45, 2.75) is 25.4 Å². The zero-order chi connectivity index (χ0) is 19.8. The molecule has 2 aliphatic rings. The van der Waals surface area contributed by atoms with E-state index in [1.165, 1.54) is 11.3 Å². The highest BCUT2D eigenvalue weighted by Crippen LogP contribution is 2.39. The van der Waals surface area contributed by atoms with Gasteiger partial charge in [-0.15, -0.1) is 0 Å². The van der Waals surface area contributed by atoms with Crippen molar-refractivity contribution in [1.29, 1.82) is 5.26 Å². The molecule has 0 atom stereocenters. The van der Waals surface area contributed by atoms with E-state index in [1.54, 1.807) is 0 Å². The molecule has 0 bridgehead atoms. The number of H-pyrrole nitrogens is 1. The number of fused-ring (bicyclic) bond motifs is 3. The summed E-state index contributed by atoms with van der Waals surface area (Å²) in [7, 11) is 0. The van der Waals surface area contributed by atoms with E-state index < -0.39 is 0 Å². The molecule has 0 spiro atoms. The molecule has 144 valence electrons. The number of nitriles is 1. The molecule has 1 saturated heterocycles. The van der Waals surface area contributed by atoms with Crippen molar-refractivity contribution < 1.29 is 0 Å². The van der Waals surface area contributed by atoms with Crippen LogP contribution in [-0.2, 0) is 6.54 Å². The number of benzene rings is 1. The molecule has 0 aliphatic carbocycles. The fourth-order valence-electron chi connectivity index (χ4n) is 4.44. The maximum Gasteiger partial charge on any atom is 0.139 e. The molecule has 0 unspecified atom stereocenters. The number of hydrogen-bond donors (Lipinski definition) is 1. The molecule has 0 saturated carbocycles. The highest BCUT2D eigenvalue weighted by Gasteiger charge is 2.28. The fraction of sp³-hybridized carbons (Fsp3) is 0.250. The molecule has 5 nitrogen and oxygen atoms in total. The maximum absolute atomic E-state index is 8.96. The number of nitrogens with zero attached hydrogens (tertiary/aromatic N) is 4. The summed E-state index contributed by atoms with van der Waals surface area (Å²) in [4.78, 5) is 12.7. The van der Waals surface area contributed by atoms with Crippen LogP contribution in [0.3, 0.4) is 0 Å². The minimum Gasteiger partial charge on any atom is -0.346 e. The van der Waals surface area contributed by atoms with Crippen LogP contribution in [0.5, 0.6) is 0 Å². The summed E-state index contributed by atoms with van der Waals surface area (Å²) in [6, 6.07) is 12.7. The summed E-state index contributed by atoms with van der Waals surface area (Å²) >= 11 is 0. The van der Waals surface area contributed by atoms with E-state index in [4.69, 9.17) is 5.26 Å². The molecule has 29 heavy (non-hydrogen) atoms. The van der Waals surface area contributed by atoms with Gasteiger partial charge in [-0.2, -0.15) is 5.26 Å². The molecule has 1 N–H and O–H groups in total. The minimum atomic E-state index is 0.468. The van der Waals surface area contributed by atoms with Gasteiger partial charge in [-0.3, -0.25) is 4.90 Å². The summed E-state index contributed by atoms with van der Waals surface area (Å²) in [6.07, 6.45) is 10.4. The Kier molecular flexibility index (Phi) is 4.42. The summed E-state index contributed by atoms with van der Waals surface area (Å²) in [5, 5.41) is 10.1. The van der Waals surface area contributed by atoms with Crippen LogP contribution < -0.4 is 4.90 Å². The molecular formula is C24H23N5. The lowest BCUT2D eigenvalue weighted by Crippen LogP contribution is -2.43. The first kappa shape index (κ1) is 17.7. The third-order valence-corrected chi connectivity index (χ3v) is 6.04. The predicted molar refractivity (Wildman–Crippen MR) is 116 cm³/mol. The second-order valence-electron chi connectivity index (χ2n) is 7.82. The summed E-state index contributed by atoms with van der Waals surface area (Å²) in [5.41, 5.74) is 6.28. The number of hydrogen-bond acceptors (Lipinski definition) is 4. The van der Waals surface area contributed by atoms with E-state index >= 15 is 0 Å². The molecular weight excluding hydrogens is 358 g/mol. The van der Waals surface area contributed by atoms with Crippen LogP contribution >= 0.6 is 0 Å². The Balaban J connectivity index is 1.32. The average molecular weight is 381 g/mol. The summed E-state index contributed by atoms with van der Waals surface area (Å²) in [6.45, 7) is 7.27. The Hall–Kier alpha value is -3.36. The standard InChI is InChI=1S/C24H23N5/c1-17-7-13-29(23-21-6-10-26-24(21)27-15-22(17)23)20-8-11-28(12-9-20)16-19-4-2-18(14-25)3-5-19/h2-7,10,13,15,20H,1,8-9,11-12,16H2,(H,26,27). The van der Waals surface area contributed by atoms with E-state index in [0.717, 1.165) is 60.2 Å². The van der Waals surface area contributed by atoms with Crippen LogP contribution in [0.15, 0.2) is 61.6 Å². The summed E-state index contributed by atoms with van der Waals surface area (Å²) in [5.74, 6) is 0. The quantitative estimate of drug-likeness (QED) is 0.728. The molecule has 4 heterocycles. The van der Waals surface area contributed by atoms with E-state index in [2.05, 4.69) is 62.9 Å². The zero-order valence-corrected chi connectivity index (χ0v) is 16.3. The highest BCUT2D eigenvalue weighted by atomic mass is 15.2. The Morgan fingerprint density at radius 2 is 1.97 bits per heavy atom. The van der Waals surface area contributed by atoms with Crippen LogP contribution in [0.1, 0.15) is 29.5 Å². The van der Waals surface area contributed by atoms with E-state index in [-0.39, 0.29) is 0 Å². The molecule has 3 aromatic rings. The Labute approximate surface area is 170 Å². The first-order valence-corrected chi connectivity index (χ1v) is 10.1. The first-order chi connectivity index (χ1) is 14.2. The van der Waals surface area contributed by atoms with Crippen molar-refractivity contribution in [3.05, 3.63) is 78.3 Å². The van der Waals surface area contributed by atoms with Gasteiger partial charge in [0.2, 0.25) is 0 Å². The maximum atomic E-state index is 8.96. The normalized spacial score (nSPS) is 17.5. The molecule has 0 amide bonds. The van der Waals surface area contributed by atoms with Gasteiger partial charge >= 0.3 is 0 Å². The van der Waals surface area contributed by atoms with Gasteiger partial charge in [0.15, 0.2) is 0 Å². The van der Waals surface area contributed by atoms with Crippen molar-refractivity contribution in [2.75, 3.05) is 18.0 Å². The number of nitrogens with one attached hydrogen (secondary N) is 1. The third-order valence-electron chi connectivity index (χ3n) is 6.04. The van der Waals surface area contributed by atoms with Crippen molar-refractivity contribution in [2.24, 2.45) is 0 Å². The van der Waals surface area contributed by atoms with E-state index in [1.807, 2.05) is 24.5 Å². The van der Waals surface area contributed by atoms with Crippen molar-refractivity contribution in [3.8, 4) is 6.07 Å². The Bertz CT molecular complexity index is 1120. The number of pyridine rings is 1. The van der Waals surface area contributed by atoms with Crippen LogP contribution in [0.2, 0.25) is 0 Å². The minimum absolute atomic E-state index is 0.468. The zero-order valence-electron chi connectivity index (χ0n) is 16.3. The topological polar surface area (TPSA) is 58.9 Å². The molecule has 2 aromatic heterocycles. The molecule has 5 rings (SSSR count). The van der Waals surface area contributed by atoms with Gasteiger partial charge in [-0.25, -0.2) is 4.98 Å². The smallest absolute Gasteiger partial charge is 0.139 e. The number of likely N-dealkylation sites (tertiary alicyclic amines) is 1.